The van der Waals surface area contributed by atoms with E-state index in [9.17, 15) is 0 Å². The summed E-state index contributed by atoms with van der Waals surface area (Å²) in [5, 5.41) is 11.9. The molecule has 1 N–H and O–H groups in total. The molecule has 0 aromatic rings. The fourth-order valence-electron chi connectivity index (χ4n) is 2.14. The van der Waals surface area contributed by atoms with Crippen molar-refractivity contribution in [1.82, 2.24) is 5.32 Å². The van der Waals surface area contributed by atoms with Crippen LogP contribution in [0.2, 0.25) is 0 Å². The van der Waals surface area contributed by atoms with Crippen molar-refractivity contribution in [3.05, 3.63) is 0 Å². The molecule has 1 saturated carbocycles. The second-order valence-electron chi connectivity index (χ2n) is 4.28. The summed E-state index contributed by atoms with van der Waals surface area (Å²) in [6.45, 7) is 1.06. The predicted octanol–water partition coefficient (Wildman–Crippen LogP) is 2.23. The van der Waals surface area contributed by atoms with Crippen LogP contribution >= 0.6 is 0 Å². The third kappa shape index (κ3) is 5.15. The lowest BCUT2D eigenvalue weighted by Gasteiger charge is -2.28. The SMILES string of the molecule is COC1CCC(NCCCCC#N)CC1. The van der Waals surface area contributed by atoms with Crippen molar-refractivity contribution in [2.24, 2.45) is 0 Å². The molecule has 1 rings (SSSR count). The summed E-state index contributed by atoms with van der Waals surface area (Å²) < 4.78 is 5.33. The van der Waals surface area contributed by atoms with Crippen LogP contribution in [0.5, 0.6) is 0 Å². The van der Waals surface area contributed by atoms with Gasteiger partial charge < -0.3 is 10.1 Å². The van der Waals surface area contributed by atoms with Crippen molar-refractivity contribution < 1.29 is 4.74 Å². The minimum atomic E-state index is 0.488. The van der Waals surface area contributed by atoms with E-state index in [1.807, 2.05) is 0 Å². The molecule has 0 radical (unpaired) electrons. The van der Waals surface area contributed by atoms with Crippen LogP contribution in [0.15, 0.2) is 0 Å². The van der Waals surface area contributed by atoms with Crippen LogP contribution in [0.4, 0.5) is 0 Å². The first-order valence-electron chi connectivity index (χ1n) is 6.00. The molecule has 3 nitrogen and oxygen atoms in total. The van der Waals surface area contributed by atoms with Gasteiger partial charge in [0.15, 0.2) is 0 Å². The van der Waals surface area contributed by atoms with Crippen molar-refractivity contribution in [3.8, 4) is 6.07 Å². The van der Waals surface area contributed by atoms with Crippen molar-refractivity contribution in [3.63, 3.8) is 0 Å². The fourth-order valence-corrected chi connectivity index (χ4v) is 2.14. The van der Waals surface area contributed by atoms with Gasteiger partial charge in [-0.2, -0.15) is 5.26 Å². The van der Waals surface area contributed by atoms with Gasteiger partial charge in [0.1, 0.15) is 0 Å². The number of hydrogen-bond acceptors (Lipinski definition) is 3. The van der Waals surface area contributed by atoms with Crippen molar-refractivity contribution >= 4 is 0 Å². The van der Waals surface area contributed by atoms with E-state index < -0.39 is 0 Å². The molecule has 86 valence electrons. The van der Waals surface area contributed by atoms with Crippen LogP contribution < -0.4 is 5.32 Å². The summed E-state index contributed by atoms with van der Waals surface area (Å²) in [5.74, 6) is 0. The zero-order chi connectivity index (χ0) is 10.9. The van der Waals surface area contributed by atoms with Crippen LogP contribution in [-0.2, 0) is 4.74 Å². The van der Waals surface area contributed by atoms with Gasteiger partial charge in [-0.15, -0.1) is 0 Å². The van der Waals surface area contributed by atoms with Gasteiger partial charge in [0.05, 0.1) is 12.2 Å². The lowest BCUT2D eigenvalue weighted by molar-refractivity contribution is 0.0626. The third-order valence-corrected chi connectivity index (χ3v) is 3.16. The number of ether oxygens (including phenoxy) is 1. The number of nitrogens with one attached hydrogen (secondary N) is 1. The van der Waals surface area contributed by atoms with Gasteiger partial charge in [0, 0.05) is 19.6 Å². The predicted molar refractivity (Wildman–Crippen MR) is 60.5 cm³/mol. The Labute approximate surface area is 92.8 Å². The first-order chi connectivity index (χ1) is 7.36. The number of hydrogen-bond donors (Lipinski definition) is 1. The van der Waals surface area contributed by atoms with E-state index in [4.69, 9.17) is 10.00 Å². The highest BCUT2D eigenvalue weighted by atomic mass is 16.5. The van der Waals surface area contributed by atoms with Gasteiger partial charge in [-0.05, 0) is 45.1 Å². The van der Waals surface area contributed by atoms with Crippen LogP contribution in [0.3, 0.4) is 0 Å². The summed E-state index contributed by atoms with van der Waals surface area (Å²) in [5.41, 5.74) is 0. The number of nitriles is 1. The lowest BCUT2D eigenvalue weighted by Crippen LogP contribution is -2.35. The summed E-state index contributed by atoms with van der Waals surface area (Å²) in [6, 6.07) is 2.85. The minimum absolute atomic E-state index is 0.488. The first kappa shape index (κ1) is 12.5. The summed E-state index contributed by atoms with van der Waals surface area (Å²) >= 11 is 0. The van der Waals surface area contributed by atoms with Crippen LogP contribution in [-0.4, -0.2) is 25.8 Å². The van der Waals surface area contributed by atoms with Gasteiger partial charge in [-0.1, -0.05) is 0 Å². The Bertz CT molecular complexity index is 192. The summed E-state index contributed by atoms with van der Waals surface area (Å²) in [4.78, 5) is 0. The Morgan fingerprint density at radius 3 is 2.60 bits per heavy atom. The van der Waals surface area contributed by atoms with E-state index in [1.54, 1.807) is 7.11 Å². The zero-order valence-corrected chi connectivity index (χ0v) is 9.67. The molecule has 1 fully saturated rings. The Kier molecular flexibility index (Phi) is 6.38. The molecule has 0 aliphatic heterocycles. The summed E-state index contributed by atoms with van der Waals surface area (Å²) in [6.07, 6.45) is 8.17. The highest BCUT2D eigenvalue weighted by Gasteiger charge is 2.19. The minimum Gasteiger partial charge on any atom is -0.381 e. The molecular formula is C12H22N2O. The molecule has 0 saturated heterocycles. The molecule has 0 aromatic heterocycles. The maximum absolute atomic E-state index is 8.39. The van der Waals surface area contributed by atoms with Gasteiger partial charge in [0.25, 0.3) is 0 Å². The molecule has 0 unspecified atom stereocenters. The lowest BCUT2D eigenvalue weighted by atomic mass is 9.93. The van der Waals surface area contributed by atoms with E-state index in [1.165, 1.54) is 25.7 Å². The van der Waals surface area contributed by atoms with E-state index in [-0.39, 0.29) is 0 Å². The van der Waals surface area contributed by atoms with Crippen LogP contribution in [0.25, 0.3) is 0 Å². The highest BCUT2D eigenvalue weighted by Crippen LogP contribution is 2.20. The molecule has 3 heteroatoms. The molecule has 0 spiro atoms. The van der Waals surface area contributed by atoms with Gasteiger partial charge >= 0.3 is 0 Å². The zero-order valence-electron chi connectivity index (χ0n) is 9.67. The number of rotatable bonds is 6. The molecule has 1 aliphatic carbocycles. The molecule has 0 atom stereocenters. The average molecular weight is 210 g/mol. The van der Waals surface area contributed by atoms with Crippen molar-refractivity contribution in [2.75, 3.05) is 13.7 Å². The van der Waals surface area contributed by atoms with Gasteiger partial charge in [-0.3, -0.25) is 0 Å². The third-order valence-electron chi connectivity index (χ3n) is 3.16. The monoisotopic (exact) mass is 210 g/mol. The number of methoxy groups -OCH3 is 1. The first-order valence-corrected chi connectivity index (χ1v) is 6.00. The fraction of sp³-hybridized carbons (Fsp3) is 0.917. The smallest absolute Gasteiger partial charge is 0.0621 e. The molecular weight excluding hydrogens is 188 g/mol. The molecule has 0 amide bonds. The second-order valence-corrected chi connectivity index (χ2v) is 4.28. The maximum Gasteiger partial charge on any atom is 0.0621 e. The standard InChI is InChI=1S/C12H22N2O/c1-15-12-7-5-11(6-8-12)14-10-4-2-3-9-13/h11-12,14H,2-8,10H2,1H3. The molecule has 15 heavy (non-hydrogen) atoms. The molecule has 0 heterocycles. The average Bonchev–Trinajstić information content (AvgIpc) is 2.30. The van der Waals surface area contributed by atoms with Crippen LogP contribution in [0, 0.1) is 11.3 Å². The maximum atomic E-state index is 8.39. The number of unbranched alkanes of at least 4 members (excludes halogenated alkanes) is 2. The molecule has 0 bridgehead atoms. The van der Waals surface area contributed by atoms with Crippen molar-refractivity contribution in [1.29, 1.82) is 5.26 Å². The normalized spacial score (nSPS) is 26.1. The largest absolute Gasteiger partial charge is 0.381 e. The molecule has 0 aromatic carbocycles. The second kappa shape index (κ2) is 7.67. The van der Waals surface area contributed by atoms with E-state index in [2.05, 4.69) is 11.4 Å². The Hall–Kier alpha value is -0.590. The Morgan fingerprint density at radius 2 is 2.00 bits per heavy atom. The quantitative estimate of drug-likeness (QED) is 0.684. The van der Waals surface area contributed by atoms with E-state index >= 15 is 0 Å². The van der Waals surface area contributed by atoms with Crippen LogP contribution in [0.1, 0.15) is 44.9 Å². The van der Waals surface area contributed by atoms with Crippen molar-refractivity contribution in [2.45, 2.75) is 57.1 Å². The Balaban J connectivity index is 1.97. The van der Waals surface area contributed by atoms with E-state index in [0.717, 1.165) is 19.4 Å². The number of nitrogens with zero attached hydrogens (tertiary/aromatic N) is 1. The van der Waals surface area contributed by atoms with E-state index in [0.29, 0.717) is 18.6 Å². The highest BCUT2D eigenvalue weighted by molar-refractivity contribution is 4.77. The topological polar surface area (TPSA) is 45.0 Å². The molecule has 1 aliphatic rings. The van der Waals surface area contributed by atoms with Gasteiger partial charge in [-0.25, -0.2) is 0 Å². The summed E-state index contributed by atoms with van der Waals surface area (Å²) in [7, 11) is 1.81. The Morgan fingerprint density at radius 1 is 1.27 bits per heavy atom. The van der Waals surface area contributed by atoms with Gasteiger partial charge in [0.2, 0.25) is 0 Å².